The molecule has 11 heteroatoms. The minimum absolute atomic E-state index is 0.253. The molecule has 0 spiro atoms. The van der Waals surface area contributed by atoms with Crippen LogP contribution >= 0.6 is 8.88 Å². The molecule has 1 atom stereocenters. The van der Waals surface area contributed by atoms with Gasteiger partial charge in [-0.15, -0.1) is 0 Å². The number of rotatable bonds is 10. The van der Waals surface area contributed by atoms with Gasteiger partial charge in [-0.25, -0.2) is 0 Å². The first kappa shape index (κ1) is 49.0. The number of halogens is 6. The van der Waals surface area contributed by atoms with Crippen LogP contribution in [0.4, 0.5) is 49.1 Å². The summed E-state index contributed by atoms with van der Waals surface area (Å²) in [5, 5.41) is 14.9. The lowest BCUT2D eigenvalue weighted by Crippen LogP contribution is -2.40. The third-order valence-electron chi connectivity index (χ3n) is 14.4. The van der Waals surface area contributed by atoms with Crippen molar-refractivity contribution in [2.45, 2.75) is 12.4 Å². The zero-order valence-corrected chi connectivity index (χ0v) is 42.0. The molecule has 0 aromatic heterocycles. The van der Waals surface area contributed by atoms with Crippen molar-refractivity contribution >= 4 is 74.7 Å². The van der Waals surface area contributed by atoms with Crippen molar-refractivity contribution in [3.63, 3.8) is 0 Å². The summed E-state index contributed by atoms with van der Waals surface area (Å²) in [4.78, 5) is 0. The molecule has 0 fully saturated rings. The second-order valence-corrected chi connectivity index (χ2v) is 19.7. The molecule has 12 aromatic rings. The summed E-state index contributed by atoms with van der Waals surface area (Å²) >= 11 is 0. The SMILES string of the molecule is Nc1c(-c2ccc(C(F)(F)F)cc2-c2ccccc2)cc2ccccc2c1-c1c(NPNc2ccc3ccccc3c2-c2c([NH3+])ccc3ccccc23)c(-c2ccc(C(F)(F)F)cc2-c2ccccc2)cc2ccccc12. The number of quaternary nitrogens is 1. The van der Waals surface area contributed by atoms with E-state index in [9.17, 15) is 26.3 Å². The smallest absolute Gasteiger partial charge is 0.398 e. The largest absolute Gasteiger partial charge is 0.416 e. The summed E-state index contributed by atoms with van der Waals surface area (Å²) in [5.41, 5.74) is 20.3. The van der Waals surface area contributed by atoms with Crippen LogP contribution in [-0.4, -0.2) is 0 Å². The lowest BCUT2D eigenvalue weighted by molar-refractivity contribution is -0.253. The Hall–Kier alpha value is -8.95. The molecule has 0 amide bonds. The van der Waals surface area contributed by atoms with Crippen LogP contribution < -0.4 is 21.6 Å². The van der Waals surface area contributed by atoms with Crippen LogP contribution in [0.3, 0.4) is 0 Å². The molecule has 0 radical (unpaired) electrons. The molecular weight excluding hydrogens is 994 g/mol. The van der Waals surface area contributed by atoms with Crippen molar-refractivity contribution in [3.05, 3.63) is 242 Å². The number of nitrogen functional groups attached to an aromatic ring is 1. The van der Waals surface area contributed by atoms with Crippen LogP contribution in [0.15, 0.2) is 231 Å². The molecule has 0 saturated carbocycles. The Morgan fingerprint density at radius 1 is 0.351 bits per heavy atom. The van der Waals surface area contributed by atoms with Gasteiger partial charge in [-0.1, -0.05) is 176 Å². The third kappa shape index (κ3) is 9.05. The molecule has 0 aliphatic carbocycles. The lowest BCUT2D eigenvalue weighted by atomic mass is 9.83. The van der Waals surface area contributed by atoms with Crippen LogP contribution in [0.5, 0.6) is 0 Å². The molecule has 0 bridgehead atoms. The van der Waals surface area contributed by atoms with Crippen molar-refractivity contribution in [2.24, 2.45) is 0 Å². The third-order valence-corrected chi connectivity index (χ3v) is 15.2. The fourth-order valence-electron chi connectivity index (χ4n) is 10.8. The summed E-state index contributed by atoms with van der Waals surface area (Å²) in [6, 6.07) is 69.6. The van der Waals surface area contributed by atoms with Crippen molar-refractivity contribution in [1.82, 2.24) is 0 Å². The maximum atomic E-state index is 14.8. The van der Waals surface area contributed by atoms with Gasteiger partial charge < -0.3 is 21.6 Å². The van der Waals surface area contributed by atoms with Crippen molar-refractivity contribution in [3.8, 4) is 66.8 Å². The molecule has 4 nitrogen and oxygen atoms in total. The Balaban J connectivity index is 1.14. The van der Waals surface area contributed by atoms with Crippen molar-refractivity contribution in [1.29, 1.82) is 0 Å². The molecule has 12 rings (SSSR count). The summed E-state index contributed by atoms with van der Waals surface area (Å²) < 4.78 is 88.0. The van der Waals surface area contributed by atoms with Gasteiger partial charge in [0.05, 0.1) is 31.3 Å². The molecule has 376 valence electrons. The number of nitrogens with two attached hydrogens (primary N) is 1. The topological polar surface area (TPSA) is 77.7 Å². The van der Waals surface area contributed by atoms with E-state index in [-0.39, 0.29) is 8.88 Å². The zero-order chi connectivity index (χ0) is 53.0. The monoisotopic (exact) mass is 1040 g/mol. The van der Waals surface area contributed by atoms with Gasteiger partial charge in [-0.05, 0) is 125 Å². The second kappa shape index (κ2) is 19.6. The van der Waals surface area contributed by atoms with E-state index in [4.69, 9.17) is 5.73 Å². The first-order valence-electron chi connectivity index (χ1n) is 24.9. The van der Waals surface area contributed by atoms with Gasteiger partial charge in [-0.3, -0.25) is 0 Å². The molecule has 0 aliphatic rings. The fourth-order valence-corrected chi connectivity index (χ4v) is 11.6. The Bertz CT molecular complexity index is 4250. The fraction of sp³-hybridized carbons (Fsp3) is 0.0303. The van der Waals surface area contributed by atoms with Crippen molar-refractivity contribution < 1.29 is 32.1 Å². The number of nitrogens with one attached hydrogen (secondary N) is 2. The molecule has 0 aliphatic heterocycles. The quantitative estimate of drug-likeness (QED) is 0.0626. The molecule has 1 unspecified atom stereocenters. The summed E-state index contributed by atoms with van der Waals surface area (Å²) in [7, 11) is -0.253. The number of anilines is 3. The number of hydrogen-bond acceptors (Lipinski definition) is 3. The Labute approximate surface area is 441 Å². The van der Waals surface area contributed by atoms with E-state index in [0.717, 1.165) is 77.7 Å². The second-order valence-electron chi connectivity index (χ2n) is 19.0. The Kier molecular flexibility index (Phi) is 12.5. The van der Waals surface area contributed by atoms with E-state index < -0.39 is 23.5 Å². The van der Waals surface area contributed by atoms with E-state index >= 15 is 0 Å². The maximum absolute atomic E-state index is 14.8. The lowest BCUT2D eigenvalue weighted by Gasteiger charge is -2.25. The molecule has 7 N–H and O–H groups in total. The minimum Gasteiger partial charge on any atom is -0.398 e. The number of alkyl halides is 6. The van der Waals surface area contributed by atoms with Crippen LogP contribution in [0.2, 0.25) is 0 Å². The molecule has 77 heavy (non-hydrogen) atoms. The van der Waals surface area contributed by atoms with Gasteiger partial charge in [0.2, 0.25) is 0 Å². The predicted octanol–water partition coefficient (Wildman–Crippen LogP) is 18.8. The highest BCUT2D eigenvalue weighted by molar-refractivity contribution is 7.41. The van der Waals surface area contributed by atoms with Crippen LogP contribution in [0, 0.1) is 0 Å². The average Bonchev–Trinajstić information content (AvgIpc) is 3.52. The van der Waals surface area contributed by atoms with E-state index in [1.165, 1.54) is 24.3 Å². The van der Waals surface area contributed by atoms with Crippen LogP contribution in [0.1, 0.15) is 11.1 Å². The first-order valence-corrected chi connectivity index (χ1v) is 25.9. The standard InChI is InChI=1S/C66H45F6N4P/c67-65(68,69)45-29-31-51(53(37-45)39-15-3-1-4-16-39)55-35-43-21-9-13-25-49(43)61(63(55)74)62-50-26-14-10-22-44(50)36-56(52-32-30-46(66(70,71)72)38-54(52)40-17-5-2-6-18-40)64(62)76-77-75-58-34-28-42-20-8-12-24-48(42)60(58)59-47-23-11-7-19-41(47)27-33-57(59)73/h1-38,75-77H,73-74H2/p+1. The highest BCUT2D eigenvalue weighted by atomic mass is 31.1. The van der Waals surface area contributed by atoms with Crippen molar-refractivity contribution in [2.75, 3.05) is 15.9 Å². The van der Waals surface area contributed by atoms with Gasteiger partial charge in [-0.2, -0.15) is 26.3 Å². The summed E-state index contributed by atoms with van der Waals surface area (Å²) in [6.07, 6.45) is -9.25. The van der Waals surface area contributed by atoms with Gasteiger partial charge in [0.25, 0.3) is 0 Å². The normalized spacial score (nSPS) is 12.1. The highest BCUT2D eigenvalue weighted by Gasteiger charge is 2.34. The van der Waals surface area contributed by atoms with Gasteiger partial charge in [0.1, 0.15) is 5.69 Å². The number of benzene rings is 12. The Morgan fingerprint density at radius 2 is 0.779 bits per heavy atom. The van der Waals surface area contributed by atoms with E-state index in [0.29, 0.717) is 67.0 Å². The van der Waals surface area contributed by atoms with Gasteiger partial charge >= 0.3 is 12.4 Å². The minimum atomic E-state index is -4.64. The van der Waals surface area contributed by atoms with E-state index in [2.05, 4.69) is 58.4 Å². The predicted molar refractivity (Wildman–Crippen MR) is 308 cm³/mol. The van der Waals surface area contributed by atoms with E-state index in [1.807, 2.05) is 103 Å². The highest BCUT2D eigenvalue weighted by Crippen LogP contribution is 2.54. The van der Waals surface area contributed by atoms with Crippen LogP contribution in [0.25, 0.3) is 110 Å². The first-order chi connectivity index (χ1) is 37.3. The van der Waals surface area contributed by atoms with Gasteiger partial charge in [0, 0.05) is 45.3 Å². The van der Waals surface area contributed by atoms with Crippen LogP contribution in [-0.2, 0) is 12.4 Å². The molecule has 0 heterocycles. The average molecular weight is 1040 g/mol. The number of fused-ring (bicyclic) bond motifs is 4. The zero-order valence-electron chi connectivity index (χ0n) is 41.0. The Morgan fingerprint density at radius 3 is 1.31 bits per heavy atom. The molecular formula is C66H46F6N4P+. The summed E-state index contributed by atoms with van der Waals surface area (Å²) in [5.74, 6) is 0. The molecule has 12 aromatic carbocycles. The van der Waals surface area contributed by atoms with E-state index in [1.54, 1.807) is 48.5 Å². The maximum Gasteiger partial charge on any atom is 0.416 e. The van der Waals surface area contributed by atoms with Gasteiger partial charge in [0.15, 0.2) is 0 Å². The number of hydrogen-bond donors (Lipinski definition) is 4. The molecule has 0 saturated heterocycles. The summed E-state index contributed by atoms with van der Waals surface area (Å²) in [6.45, 7) is 0.